The van der Waals surface area contributed by atoms with Crippen LogP contribution >= 0.6 is 0 Å². The molecular weight excluding hydrogens is 949 g/mol. The molecule has 0 spiro atoms. The average molecular weight is 997 g/mol. The van der Waals surface area contributed by atoms with Crippen LogP contribution in [0, 0.1) is 0 Å². The molecule has 0 fully saturated rings. The van der Waals surface area contributed by atoms with Crippen LogP contribution in [-0.2, 0) is 0 Å². The second kappa shape index (κ2) is 18.7. The molecular formula is C74H48N2O2. The van der Waals surface area contributed by atoms with Crippen LogP contribution in [0.2, 0.25) is 0 Å². The van der Waals surface area contributed by atoms with E-state index in [1.807, 2.05) is 0 Å². The Labute approximate surface area is 451 Å². The van der Waals surface area contributed by atoms with Gasteiger partial charge >= 0.3 is 0 Å². The number of hydrogen-bond donors (Lipinski definition) is 0. The van der Waals surface area contributed by atoms with Crippen LogP contribution in [0.4, 0.5) is 34.1 Å². The smallest absolute Gasteiger partial charge is 0.139 e. The molecule has 13 aromatic carbocycles. The van der Waals surface area contributed by atoms with Gasteiger partial charge in [-0.1, -0.05) is 182 Å². The van der Waals surface area contributed by atoms with Crippen LogP contribution < -0.4 is 9.80 Å². The van der Waals surface area contributed by atoms with Gasteiger partial charge in [-0.15, -0.1) is 0 Å². The summed E-state index contributed by atoms with van der Waals surface area (Å²) in [5, 5.41) is 8.72. The monoisotopic (exact) mass is 996 g/mol. The molecule has 2 aromatic heterocycles. The summed E-state index contributed by atoms with van der Waals surface area (Å²) in [5.74, 6) is 0. The Morgan fingerprint density at radius 3 is 0.949 bits per heavy atom. The topological polar surface area (TPSA) is 32.8 Å². The Hall–Kier alpha value is -10.4. The first-order chi connectivity index (χ1) is 38.6. The Bertz CT molecular complexity index is 4410. The summed E-state index contributed by atoms with van der Waals surface area (Å²) in [4.78, 5) is 4.74. The maximum Gasteiger partial charge on any atom is 0.139 e. The van der Waals surface area contributed by atoms with Crippen molar-refractivity contribution in [3.8, 4) is 44.5 Å². The van der Waals surface area contributed by atoms with Gasteiger partial charge in [0.15, 0.2) is 0 Å². The molecule has 0 bridgehead atoms. The van der Waals surface area contributed by atoms with Crippen LogP contribution in [0.1, 0.15) is 0 Å². The highest BCUT2D eigenvalue weighted by molar-refractivity contribution is 6.18. The zero-order chi connectivity index (χ0) is 51.5. The van der Waals surface area contributed by atoms with E-state index in [0.717, 1.165) is 122 Å². The standard InChI is InChI=1S/C74H48N2O2/c1-7-19-49(20-8-1)53-33-37-69(63(41-53)51-23-11-3-12-24-51)75(59-27-15-5-16-28-59)61-35-31-55-43-65-67-47-68-66-44-56-32-36-62(40-58(56)46-72(66)78-74(68)48-73(67)77-71(65)45-57(55)39-61)76(60-29-17-6-18-30-60)70-38-34-54(50-21-9-2-10-22-50)42-64(70)52-25-13-4-14-26-52/h1-48H. The number of nitrogens with zero attached hydrogens (tertiary/aromatic N) is 2. The van der Waals surface area contributed by atoms with Gasteiger partial charge in [0.2, 0.25) is 0 Å². The molecule has 0 aliphatic carbocycles. The zero-order valence-electron chi connectivity index (χ0n) is 42.4. The molecule has 0 saturated heterocycles. The molecule has 0 aliphatic heterocycles. The number of furan rings is 2. The largest absolute Gasteiger partial charge is 0.456 e. The highest BCUT2D eigenvalue weighted by atomic mass is 16.3. The minimum Gasteiger partial charge on any atom is -0.456 e. The Morgan fingerprint density at radius 1 is 0.205 bits per heavy atom. The fourth-order valence-corrected chi connectivity index (χ4v) is 11.6. The highest BCUT2D eigenvalue weighted by Gasteiger charge is 2.22. The number of hydrogen-bond acceptors (Lipinski definition) is 4. The van der Waals surface area contributed by atoms with E-state index in [2.05, 4.69) is 301 Å². The van der Waals surface area contributed by atoms with Crippen molar-refractivity contribution in [2.24, 2.45) is 0 Å². The number of fused-ring (bicyclic) bond motifs is 8. The van der Waals surface area contributed by atoms with Gasteiger partial charge in [-0.25, -0.2) is 0 Å². The molecule has 2 heterocycles. The predicted molar refractivity (Wildman–Crippen MR) is 327 cm³/mol. The van der Waals surface area contributed by atoms with E-state index in [0.29, 0.717) is 0 Å². The number of benzene rings is 13. The Balaban J connectivity index is 0.818. The van der Waals surface area contributed by atoms with E-state index in [-0.39, 0.29) is 0 Å². The first-order valence-corrected chi connectivity index (χ1v) is 26.5. The van der Waals surface area contributed by atoms with Gasteiger partial charge in [0.05, 0.1) is 11.4 Å². The maximum absolute atomic E-state index is 6.76. The Kier molecular flexibility index (Phi) is 10.8. The molecule has 0 saturated carbocycles. The lowest BCUT2D eigenvalue weighted by atomic mass is 9.96. The third-order valence-electron chi connectivity index (χ3n) is 15.4. The van der Waals surface area contributed by atoms with Crippen molar-refractivity contribution in [3.05, 3.63) is 291 Å². The van der Waals surface area contributed by atoms with Crippen molar-refractivity contribution in [3.63, 3.8) is 0 Å². The zero-order valence-corrected chi connectivity index (χ0v) is 42.4. The summed E-state index contributed by atoms with van der Waals surface area (Å²) in [6.07, 6.45) is 0. The van der Waals surface area contributed by atoms with E-state index >= 15 is 0 Å². The van der Waals surface area contributed by atoms with Gasteiger partial charge in [0, 0.05) is 61.5 Å². The van der Waals surface area contributed by atoms with E-state index < -0.39 is 0 Å². The van der Waals surface area contributed by atoms with Crippen molar-refractivity contribution in [2.75, 3.05) is 9.80 Å². The summed E-state index contributed by atoms with van der Waals surface area (Å²) in [7, 11) is 0. The van der Waals surface area contributed by atoms with E-state index in [9.17, 15) is 0 Å². The van der Waals surface area contributed by atoms with Crippen molar-refractivity contribution in [1.82, 2.24) is 0 Å². The van der Waals surface area contributed by atoms with Crippen LogP contribution in [0.5, 0.6) is 0 Å². The number of rotatable bonds is 10. The van der Waals surface area contributed by atoms with Gasteiger partial charge in [0.1, 0.15) is 22.3 Å². The molecule has 78 heavy (non-hydrogen) atoms. The molecule has 15 rings (SSSR count). The van der Waals surface area contributed by atoms with Gasteiger partial charge in [-0.3, -0.25) is 0 Å². The van der Waals surface area contributed by atoms with Crippen molar-refractivity contribution >= 4 is 99.5 Å². The molecule has 0 unspecified atom stereocenters. The van der Waals surface area contributed by atoms with Gasteiger partial charge in [-0.2, -0.15) is 0 Å². The average Bonchev–Trinajstić information content (AvgIpc) is 4.05. The lowest BCUT2D eigenvalue weighted by Crippen LogP contribution is -2.11. The van der Waals surface area contributed by atoms with Crippen LogP contribution in [0.3, 0.4) is 0 Å². The fourth-order valence-electron chi connectivity index (χ4n) is 11.6. The normalized spacial score (nSPS) is 11.6. The molecule has 0 atom stereocenters. The van der Waals surface area contributed by atoms with Gasteiger partial charge < -0.3 is 18.6 Å². The molecule has 4 nitrogen and oxygen atoms in total. The van der Waals surface area contributed by atoms with Crippen molar-refractivity contribution in [1.29, 1.82) is 0 Å². The second-order valence-corrected chi connectivity index (χ2v) is 20.1. The lowest BCUT2D eigenvalue weighted by molar-refractivity contribution is 0.656. The fraction of sp³-hybridized carbons (Fsp3) is 0. The number of anilines is 6. The molecule has 0 amide bonds. The summed E-state index contributed by atoms with van der Waals surface area (Å²) >= 11 is 0. The highest BCUT2D eigenvalue weighted by Crippen LogP contribution is 2.47. The van der Waals surface area contributed by atoms with Crippen LogP contribution in [0.15, 0.2) is 300 Å². The van der Waals surface area contributed by atoms with Gasteiger partial charge in [-0.05, 0) is 158 Å². The first kappa shape index (κ1) is 45.0. The van der Waals surface area contributed by atoms with Crippen molar-refractivity contribution < 1.29 is 8.83 Å². The minimum atomic E-state index is 0.793. The van der Waals surface area contributed by atoms with Gasteiger partial charge in [0.25, 0.3) is 0 Å². The van der Waals surface area contributed by atoms with E-state index in [4.69, 9.17) is 8.83 Å². The quantitative estimate of drug-likeness (QED) is 0.137. The van der Waals surface area contributed by atoms with Crippen LogP contribution in [0.25, 0.3) is 110 Å². The summed E-state index contributed by atoms with van der Waals surface area (Å²) in [5.41, 5.74) is 19.0. The molecule has 15 aromatic rings. The summed E-state index contributed by atoms with van der Waals surface area (Å²) in [6, 6.07) is 104. The van der Waals surface area contributed by atoms with Crippen molar-refractivity contribution in [2.45, 2.75) is 0 Å². The molecule has 366 valence electrons. The molecule has 4 heteroatoms. The SMILES string of the molecule is c1ccc(-c2ccc(N(c3ccccc3)c3ccc4cc5c(cc4c3)oc3cc4oc6cc7cc(N(c8ccccc8)c8ccc(-c9ccccc9)cc8-c8ccccc8)ccc7cc6c4cc35)c(-c3ccccc3)c2)cc1. The third-order valence-corrected chi connectivity index (χ3v) is 15.4. The van der Waals surface area contributed by atoms with Crippen LogP contribution in [-0.4, -0.2) is 0 Å². The number of para-hydroxylation sites is 2. The molecule has 0 radical (unpaired) electrons. The van der Waals surface area contributed by atoms with E-state index in [1.165, 1.54) is 22.3 Å². The predicted octanol–water partition coefficient (Wildman–Crippen LogP) is 21.4. The summed E-state index contributed by atoms with van der Waals surface area (Å²) < 4.78 is 13.5. The second-order valence-electron chi connectivity index (χ2n) is 20.1. The molecule has 0 N–H and O–H groups in total. The summed E-state index contributed by atoms with van der Waals surface area (Å²) in [6.45, 7) is 0. The van der Waals surface area contributed by atoms with E-state index in [1.54, 1.807) is 0 Å². The minimum absolute atomic E-state index is 0.793. The lowest BCUT2D eigenvalue weighted by Gasteiger charge is -2.28. The first-order valence-electron chi connectivity index (χ1n) is 26.5. The third kappa shape index (κ3) is 7.94. The molecule has 0 aliphatic rings. The maximum atomic E-state index is 6.76. The Morgan fingerprint density at radius 2 is 0.551 bits per heavy atom.